The molecular formula is C34H33F5N6. The first-order valence-corrected chi connectivity index (χ1v) is 14.9. The summed E-state index contributed by atoms with van der Waals surface area (Å²) in [6.45, 7) is 2.54. The van der Waals surface area contributed by atoms with E-state index in [0.717, 1.165) is 78.2 Å². The van der Waals surface area contributed by atoms with E-state index in [1.165, 1.54) is 6.07 Å². The third kappa shape index (κ3) is 6.63. The van der Waals surface area contributed by atoms with Crippen molar-refractivity contribution in [2.45, 2.75) is 57.9 Å². The minimum absolute atomic E-state index is 0.102. The highest BCUT2D eigenvalue weighted by Gasteiger charge is 2.33. The largest absolute Gasteiger partial charge is 0.417 e. The maximum absolute atomic E-state index is 13.8. The van der Waals surface area contributed by atoms with Gasteiger partial charge in [-0.2, -0.15) is 18.3 Å². The Hall–Kier alpha value is -4.51. The smallest absolute Gasteiger partial charge is 0.380 e. The van der Waals surface area contributed by atoms with E-state index >= 15 is 0 Å². The Balaban J connectivity index is 1.22. The first kappa shape index (κ1) is 30.5. The lowest BCUT2D eigenvalue weighted by Crippen LogP contribution is -2.21. The van der Waals surface area contributed by atoms with E-state index in [1.807, 2.05) is 47.3 Å². The number of fused-ring (bicyclic) bond motifs is 1. The molecule has 1 aliphatic carbocycles. The van der Waals surface area contributed by atoms with Gasteiger partial charge in [-0.3, -0.25) is 0 Å². The van der Waals surface area contributed by atoms with Crippen molar-refractivity contribution in [1.29, 1.82) is 0 Å². The van der Waals surface area contributed by atoms with Crippen molar-refractivity contribution in [3.63, 3.8) is 0 Å². The number of halogens is 5. The van der Waals surface area contributed by atoms with Crippen LogP contribution < -0.4 is 16.4 Å². The Morgan fingerprint density at radius 1 is 0.956 bits per heavy atom. The second-order valence-electron chi connectivity index (χ2n) is 11.4. The molecule has 6 nitrogen and oxygen atoms in total. The molecule has 2 aromatic heterocycles. The van der Waals surface area contributed by atoms with Gasteiger partial charge in [-0.25, -0.2) is 18.4 Å². The lowest BCUT2D eigenvalue weighted by molar-refractivity contribution is -0.137. The molecule has 2 aliphatic rings. The van der Waals surface area contributed by atoms with E-state index in [4.69, 9.17) is 5.73 Å². The fraction of sp³-hybridized carbons (Fsp3) is 0.294. The number of nitrogens with two attached hydrogens (primary N) is 1. The average molecular weight is 621 g/mol. The van der Waals surface area contributed by atoms with Crippen LogP contribution in [0, 0.1) is 17.6 Å². The standard InChI is InChI=1S/C34H33F5N6/c1-2-22-13-14-44-45-29(11-12-30(45)31(22)40)23-6-3-20(4-7-23)17-42-33-26(16-25(19-43-33)34(37,38)39)32(24-8-9-24)41-18-21-5-10-27(35)28(36)15-21/h3-7,10-12,14-16,19,22,31,41H,2,8-9,13,17-18,40H2,1H3,(H,42,43). The summed E-state index contributed by atoms with van der Waals surface area (Å²) in [4.78, 5) is 4.16. The summed E-state index contributed by atoms with van der Waals surface area (Å²) >= 11 is 0. The predicted octanol–water partition coefficient (Wildman–Crippen LogP) is 8.02. The summed E-state index contributed by atoms with van der Waals surface area (Å²) in [6, 6.07) is 16.4. The second-order valence-corrected chi connectivity index (χ2v) is 11.4. The lowest BCUT2D eigenvalue weighted by atomic mass is 9.93. The van der Waals surface area contributed by atoms with Gasteiger partial charge in [0.05, 0.1) is 23.0 Å². The number of rotatable bonds is 9. The van der Waals surface area contributed by atoms with Crippen molar-refractivity contribution < 1.29 is 22.0 Å². The summed E-state index contributed by atoms with van der Waals surface area (Å²) in [6.07, 6.45) is 1.36. The molecule has 2 unspecified atom stereocenters. The third-order valence-electron chi connectivity index (χ3n) is 8.36. The number of nitrogens with one attached hydrogen (secondary N) is 2. The number of aromatic nitrogens is 2. The van der Waals surface area contributed by atoms with Crippen LogP contribution in [0.25, 0.3) is 17.0 Å². The van der Waals surface area contributed by atoms with Crippen molar-refractivity contribution in [2.24, 2.45) is 16.8 Å². The number of hydrogen-bond donors (Lipinski definition) is 3. The van der Waals surface area contributed by atoms with Gasteiger partial charge in [-0.15, -0.1) is 0 Å². The van der Waals surface area contributed by atoms with Crippen LogP contribution in [0.5, 0.6) is 0 Å². The molecule has 0 radical (unpaired) electrons. The van der Waals surface area contributed by atoms with Gasteiger partial charge in [-0.1, -0.05) is 43.7 Å². The summed E-state index contributed by atoms with van der Waals surface area (Å²) in [5.41, 5.74) is 11.6. The summed E-state index contributed by atoms with van der Waals surface area (Å²) in [7, 11) is 0. The van der Waals surface area contributed by atoms with Crippen molar-refractivity contribution in [3.05, 3.63) is 112 Å². The van der Waals surface area contributed by atoms with Crippen LogP contribution in [0.4, 0.5) is 27.8 Å². The zero-order chi connectivity index (χ0) is 31.7. The van der Waals surface area contributed by atoms with Crippen molar-refractivity contribution >= 4 is 17.7 Å². The first-order chi connectivity index (χ1) is 21.6. The number of benzene rings is 2. The van der Waals surface area contributed by atoms with Gasteiger partial charge in [0.1, 0.15) is 5.82 Å². The maximum atomic E-state index is 13.8. The highest BCUT2D eigenvalue weighted by molar-refractivity contribution is 5.77. The van der Waals surface area contributed by atoms with Gasteiger partial charge in [-0.05, 0) is 72.2 Å². The van der Waals surface area contributed by atoms with Crippen LogP contribution in [-0.2, 0) is 19.3 Å². The fourth-order valence-electron chi connectivity index (χ4n) is 5.61. The Morgan fingerprint density at radius 2 is 1.71 bits per heavy atom. The number of allylic oxidation sites excluding steroid dienone is 1. The number of alkyl halides is 3. The molecule has 6 rings (SSSR count). The molecule has 3 heterocycles. The minimum atomic E-state index is -4.59. The van der Waals surface area contributed by atoms with Gasteiger partial charge in [0.25, 0.3) is 0 Å². The Labute approximate surface area is 257 Å². The van der Waals surface area contributed by atoms with Gasteiger partial charge in [0.15, 0.2) is 11.6 Å². The SMILES string of the molecule is CCC1CC=Nn2c(-c3ccc(CNc4ncc(C(F)(F)F)cc4C(NCc4ccc(F)c(F)c4)=C4CC4)cc3)ccc2C1N. The van der Waals surface area contributed by atoms with Crippen molar-refractivity contribution in [1.82, 2.24) is 15.0 Å². The molecule has 1 aliphatic heterocycles. The van der Waals surface area contributed by atoms with Crippen LogP contribution in [0.1, 0.15) is 66.6 Å². The van der Waals surface area contributed by atoms with Crippen LogP contribution in [0.2, 0.25) is 0 Å². The molecule has 2 aromatic carbocycles. The number of nitrogens with zero attached hydrogens (tertiary/aromatic N) is 3. The molecule has 45 heavy (non-hydrogen) atoms. The summed E-state index contributed by atoms with van der Waals surface area (Å²) in [5.74, 6) is -1.35. The maximum Gasteiger partial charge on any atom is 0.417 e. The second kappa shape index (κ2) is 12.5. The van der Waals surface area contributed by atoms with E-state index in [0.29, 0.717) is 23.7 Å². The van der Waals surface area contributed by atoms with Crippen molar-refractivity contribution in [2.75, 3.05) is 5.32 Å². The summed E-state index contributed by atoms with van der Waals surface area (Å²) in [5, 5.41) is 11.0. The predicted molar refractivity (Wildman–Crippen MR) is 165 cm³/mol. The number of pyridine rings is 1. The fourth-order valence-corrected chi connectivity index (χ4v) is 5.61. The van der Waals surface area contributed by atoms with E-state index in [2.05, 4.69) is 27.6 Å². The van der Waals surface area contributed by atoms with E-state index < -0.39 is 23.4 Å². The van der Waals surface area contributed by atoms with Crippen LogP contribution in [0.3, 0.4) is 0 Å². The van der Waals surface area contributed by atoms with Crippen LogP contribution >= 0.6 is 0 Å². The zero-order valence-corrected chi connectivity index (χ0v) is 24.6. The Kier molecular flexibility index (Phi) is 8.46. The molecule has 1 fully saturated rings. The van der Waals surface area contributed by atoms with Crippen molar-refractivity contribution in [3.8, 4) is 11.3 Å². The Morgan fingerprint density at radius 3 is 2.40 bits per heavy atom. The quantitative estimate of drug-likeness (QED) is 0.166. The third-order valence-corrected chi connectivity index (χ3v) is 8.36. The molecule has 4 N–H and O–H groups in total. The zero-order valence-electron chi connectivity index (χ0n) is 24.6. The molecule has 0 amide bonds. The van der Waals surface area contributed by atoms with Gasteiger partial charge in [0, 0.05) is 42.3 Å². The van der Waals surface area contributed by atoms with Gasteiger partial charge < -0.3 is 16.4 Å². The number of anilines is 1. The summed E-state index contributed by atoms with van der Waals surface area (Å²) < 4.78 is 70.2. The van der Waals surface area contributed by atoms with Gasteiger partial charge in [0.2, 0.25) is 0 Å². The first-order valence-electron chi connectivity index (χ1n) is 14.9. The topological polar surface area (TPSA) is 80.3 Å². The minimum Gasteiger partial charge on any atom is -0.380 e. The highest BCUT2D eigenvalue weighted by Crippen LogP contribution is 2.40. The molecular weight excluding hydrogens is 587 g/mol. The molecule has 11 heteroatoms. The molecule has 234 valence electrons. The number of hydrogen-bond acceptors (Lipinski definition) is 5. The van der Waals surface area contributed by atoms with E-state index in [-0.39, 0.29) is 24.0 Å². The average Bonchev–Trinajstić information content (AvgIpc) is 3.80. The van der Waals surface area contributed by atoms with Crippen LogP contribution in [0.15, 0.2) is 77.5 Å². The van der Waals surface area contributed by atoms with Gasteiger partial charge >= 0.3 is 6.18 Å². The molecule has 0 bridgehead atoms. The molecule has 0 saturated heterocycles. The lowest BCUT2D eigenvalue weighted by Gasteiger charge is -2.19. The molecule has 4 aromatic rings. The monoisotopic (exact) mass is 620 g/mol. The molecule has 0 spiro atoms. The normalized spacial score (nSPS) is 17.5. The van der Waals surface area contributed by atoms with E-state index in [9.17, 15) is 22.0 Å². The molecule has 2 atom stereocenters. The highest BCUT2D eigenvalue weighted by atomic mass is 19.4. The van der Waals surface area contributed by atoms with Crippen LogP contribution in [-0.4, -0.2) is 15.9 Å². The molecule has 1 saturated carbocycles. The van der Waals surface area contributed by atoms with E-state index in [1.54, 1.807) is 0 Å². The Bertz CT molecular complexity index is 1750.